The average molecular weight is 275 g/mol. The zero-order valence-electron chi connectivity index (χ0n) is 11.5. The second-order valence-corrected chi connectivity index (χ2v) is 4.28. The fourth-order valence-electron chi connectivity index (χ4n) is 1.85. The number of hydrogen-bond donors (Lipinski definition) is 2. The van der Waals surface area contributed by atoms with E-state index in [9.17, 15) is 9.59 Å². The number of methoxy groups -OCH3 is 1. The van der Waals surface area contributed by atoms with Crippen molar-refractivity contribution in [2.45, 2.75) is 20.0 Å². The number of rotatable bonds is 5. The molecule has 6 nitrogen and oxygen atoms in total. The smallest absolute Gasteiger partial charge is 0.354 e. The highest BCUT2D eigenvalue weighted by molar-refractivity contribution is 5.87. The Morgan fingerprint density at radius 2 is 2.15 bits per heavy atom. The molecule has 0 aliphatic rings. The van der Waals surface area contributed by atoms with E-state index < -0.39 is 5.97 Å². The molecule has 0 spiro atoms. The van der Waals surface area contributed by atoms with Crippen molar-refractivity contribution in [3.63, 3.8) is 0 Å². The van der Waals surface area contributed by atoms with E-state index in [0.29, 0.717) is 18.8 Å². The maximum absolute atomic E-state index is 11.5. The van der Waals surface area contributed by atoms with Crippen LogP contribution < -0.4 is 10.9 Å². The van der Waals surface area contributed by atoms with Gasteiger partial charge in [-0.25, -0.2) is 4.79 Å². The first-order valence-corrected chi connectivity index (χ1v) is 6.34. The minimum atomic E-state index is -0.393. The van der Waals surface area contributed by atoms with Crippen LogP contribution in [-0.2, 0) is 17.8 Å². The third-order valence-electron chi connectivity index (χ3n) is 2.96. The highest BCUT2D eigenvalue weighted by Crippen LogP contribution is 2.08. The Balaban J connectivity index is 2.03. The van der Waals surface area contributed by atoms with Gasteiger partial charge in [-0.2, -0.15) is 0 Å². The normalized spacial score (nSPS) is 10.3. The molecule has 0 aliphatic heterocycles. The number of esters is 1. The number of carbonyl (C=O) groups is 1. The van der Waals surface area contributed by atoms with Crippen molar-refractivity contribution >= 4 is 11.7 Å². The van der Waals surface area contributed by atoms with E-state index in [0.717, 1.165) is 11.4 Å². The lowest BCUT2D eigenvalue weighted by Crippen LogP contribution is -2.17. The van der Waals surface area contributed by atoms with Crippen molar-refractivity contribution in [1.82, 2.24) is 9.55 Å². The number of aromatic amines is 1. The minimum Gasteiger partial charge on any atom is -0.464 e. The Hall–Kier alpha value is -2.50. The number of anilines is 1. The van der Waals surface area contributed by atoms with Gasteiger partial charge >= 0.3 is 5.97 Å². The maximum atomic E-state index is 11.5. The summed E-state index contributed by atoms with van der Waals surface area (Å²) in [6.45, 7) is 3.07. The topological polar surface area (TPSA) is 76.1 Å². The average Bonchev–Trinajstić information content (AvgIpc) is 2.94. The number of aryl methyl sites for hydroxylation is 1. The fourth-order valence-corrected chi connectivity index (χ4v) is 1.85. The summed E-state index contributed by atoms with van der Waals surface area (Å²) < 4.78 is 6.25. The van der Waals surface area contributed by atoms with Crippen LogP contribution in [0, 0.1) is 0 Å². The summed E-state index contributed by atoms with van der Waals surface area (Å²) in [6, 6.07) is 6.75. The quantitative estimate of drug-likeness (QED) is 0.813. The van der Waals surface area contributed by atoms with E-state index in [-0.39, 0.29) is 5.56 Å². The number of ether oxygens (including phenoxy) is 1. The summed E-state index contributed by atoms with van der Waals surface area (Å²) in [6.07, 6.45) is 1.77. The first-order valence-electron chi connectivity index (χ1n) is 6.34. The molecule has 0 unspecified atom stereocenters. The first kappa shape index (κ1) is 13.9. The summed E-state index contributed by atoms with van der Waals surface area (Å²) in [7, 11) is 1.34. The first-order chi connectivity index (χ1) is 9.63. The van der Waals surface area contributed by atoms with Crippen LogP contribution in [0.5, 0.6) is 0 Å². The Morgan fingerprint density at radius 3 is 2.85 bits per heavy atom. The summed E-state index contributed by atoms with van der Waals surface area (Å²) in [5, 5.41) is 3.19. The molecule has 0 amide bonds. The van der Waals surface area contributed by atoms with Crippen LogP contribution in [0.3, 0.4) is 0 Å². The molecule has 0 radical (unpaired) electrons. The van der Waals surface area contributed by atoms with E-state index in [2.05, 4.69) is 15.0 Å². The van der Waals surface area contributed by atoms with Crippen molar-refractivity contribution in [3.8, 4) is 0 Å². The van der Waals surface area contributed by atoms with Crippen molar-refractivity contribution < 1.29 is 9.53 Å². The molecule has 2 heterocycles. The molecule has 106 valence electrons. The molecule has 2 rings (SSSR count). The maximum Gasteiger partial charge on any atom is 0.354 e. The molecule has 6 heteroatoms. The molecule has 2 aromatic rings. The Kier molecular flexibility index (Phi) is 4.24. The van der Waals surface area contributed by atoms with Crippen molar-refractivity contribution in [2.24, 2.45) is 0 Å². The molecule has 0 saturated carbocycles. The van der Waals surface area contributed by atoms with Crippen LogP contribution >= 0.6 is 0 Å². The number of hydrogen-bond acceptors (Lipinski definition) is 4. The van der Waals surface area contributed by atoms with Gasteiger partial charge in [0.05, 0.1) is 19.3 Å². The van der Waals surface area contributed by atoms with Gasteiger partial charge in [0, 0.05) is 24.5 Å². The second kappa shape index (κ2) is 6.10. The minimum absolute atomic E-state index is 0.0223. The van der Waals surface area contributed by atoms with Gasteiger partial charge < -0.3 is 19.6 Å². The highest BCUT2D eigenvalue weighted by atomic mass is 16.5. The van der Waals surface area contributed by atoms with Crippen LogP contribution in [0.1, 0.15) is 23.1 Å². The van der Waals surface area contributed by atoms with Crippen LogP contribution in [0.15, 0.2) is 35.3 Å². The van der Waals surface area contributed by atoms with Gasteiger partial charge in [0.1, 0.15) is 5.69 Å². The Morgan fingerprint density at radius 1 is 1.35 bits per heavy atom. The molecule has 0 bridgehead atoms. The van der Waals surface area contributed by atoms with E-state index in [1.165, 1.54) is 13.2 Å². The van der Waals surface area contributed by atoms with Gasteiger partial charge in [0.15, 0.2) is 0 Å². The largest absolute Gasteiger partial charge is 0.464 e. The van der Waals surface area contributed by atoms with Gasteiger partial charge in [-0.1, -0.05) is 0 Å². The molecule has 0 aliphatic carbocycles. The van der Waals surface area contributed by atoms with Crippen LogP contribution in [-0.4, -0.2) is 22.6 Å². The Labute approximate surface area is 116 Å². The Bertz CT molecular complexity index is 658. The van der Waals surface area contributed by atoms with E-state index >= 15 is 0 Å². The molecule has 0 fully saturated rings. The van der Waals surface area contributed by atoms with Gasteiger partial charge in [0.25, 0.3) is 5.56 Å². The van der Waals surface area contributed by atoms with E-state index in [1.54, 1.807) is 22.9 Å². The monoisotopic (exact) mass is 275 g/mol. The number of aromatic nitrogens is 2. The van der Waals surface area contributed by atoms with E-state index in [4.69, 9.17) is 0 Å². The number of carbonyl (C=O) groups excluding carboxylic acids is 1. The fraction of sp³-hybridized carbons (Fsp3) is 0.286. The number of nitrogens with one attached hydrogen (secondary N) is 2. The van der Waals surface area contributed by atoms with Crippen LogP contribution in [0.2, 0.25) is 0 Å². The van der Waals surface area contributed by atoms with Gasteiger partial charge in [-0.05, 0) is 25.1 Å². The van der Waals surface area contributed by atoms with Crippen LogP contribution in [0.4, 0.5) is 5.69 Å². The summed E-state index contributed by atoms with van der Waals surface area (Å²) in [5.41, 5.74) is 2.11. The van der Waals surface area contributed by atoms with Gasteiger partial charge in [-0.15, -0.1) is 0 Å². The third kappa shape index (κ3) is 3.09. The van der Waals surface area contributed by atoms with Gasteiger partial charge in [-0.3, -0.25) is 4.79 Å². The van der Waals surface area contributed by atoms with E-state index in [1.807, 2.05) is 13.0 Å². The number of pyridine rings is 1. The molecule has 2 N–H and O–H groups in total. The summed E-state index contributed by atoms with van der Waals surface area (Å²) >= 11 is 0. The predicted octanol–water partition coefficient (Wildman–Crippen LogP) is 1.59. The number of nitrogens with zero attached hydrogens (tertiary/aromatic N) is 1. The predicted molar refractivity (Wildman–Crippen MR) is 75.8 cm³/mol. The van der Waals surface area contributed by atoms with Crippen LogP contribution in [0.25, 0.3) is 0 Å². The molecular weight excluding hydrogens is 258 g/mol. The highest BCUT2D eigenvalue weighted by Gasteiger charge is 2.07. The lowest BCUT2D eigenvalue weighted by molar-refractivity contribution is 0.0594. The van der Waals surface area contributed by atoms with Crippen molar-refractivity contribution in [2.75, 3.05) is 12.4 Å². The van der Waals surface area contributed by atoms with Gasteiger partial charge in [0.2, 0.25) is 0 Å². The molecular formula is C14H17N3O3. The summed E-state index contributed by atoms with van der Waals surface area (Å²) in [5.74, 6) is -0.393. The SMILES string of the molecule is CCn1cc(NCc2ccc(C(=O)OC)[nH]2)ccc1=O. The third-order valence-corrected chi connectivity index (χ3v) is 2.96. The van der Waals surface area contributed by atoms with Crippen molar-refractivity contribution in [3.05, 3.63) is 52.2 Å². The molecule has 0 atom stereocenters. The number of H-pyrrole nitrogens is 1. The zero-order chi connectivity index (χ0) is 14.5. The lowest BCUT2D eigenvalue weighted by Gasteiger charge is -2.08. The zero-order valence-corrected chi connectivity index (χ0v) is 11.5. The molecule has 0 aromatic carbocycles. The second-order valence-electron chi connectivity index (χ2n) is 4.28. The summed E-state index contributed by atoms with van der Waals surface area (Å²) in [4.78, 5) is 25.7. The molecule has 0 saturated heterocycles. The molecule has 2 aromatic heterocycles. The van der Waals surface area contributed by atoms with Crippen molar-refractivity contribution in [1.29, 1.82) is 0 Å². The lowest BCUT2D eigenvalue weighted by atomic mass is 10.3. The molecule has 20 heavy (non-hydrogen) atoms. The standard InChI is InChI=1S/C14H17N3O3/c1-3-17-9-11(5-7-13(17)18)15-8-10-4-6-12(16-10)14(19)20-2/h4-7,9,15-16H,3,8H2,1-2H3.